The molecule has 0 N–H and O–H groups in total. The Morgan fingerprint density at radius 1 is 1.45 bits per heavy atom. The molecule has 0 amide bonds. The van der Waals surface area contributed by atoms with Crippen LogP contribution in [0.25, 0.3) is 0 Å². The molecule has 0 aliphatic carbocycles. The standard InChI is InChI=1S/C14H19N3O3/c1-11-9-15(2)6-7-16(11)10-14(18)12-4-3-5-13(8-12)17(19)20/h3-5,8,11H,6-7,9-10H2,1-2H3. The second-order valence-corrected chi connectivity index (χ2v) is 5.31. The van der Waals surface area contributed by atoms with E-state index in [0.717, 1.165) is 19.6 Å². The minimum Gasteiger partial charge on any atom is -0.304 e. The Hall–Kier alpha value is -1.79. The maximum Gasteiger partial charge on any atom is 0.270 e. The number of nitro groups is 1. The van der Waals surface area contributed by atoms with Crippen molar-refractivity contribution in [3.8, 4) is 0 Å². The van der Waals surface area contributed by atoms with E-state index >= 15 is 0 Å². The van der Waals surface area contributed by atoms with Gasteiger partial charge in [0.05, 0.1) is 11.5 Å². The van der Waals surface area contributed by atoms with E-state index in [-0.39, 0.29) is 11.5 Å². The highest BCUT2D eigenvalue weighted by Crippen LogP contribution is 2.15. The zero-order valence-electron chi connectivity index (χ0n) is 11.8. The number of nitro benzene ring substituents is 1. The normalized spacial score (nSPS) is 20.8. The minimum atomic E-state index is -0.477. The van der Waals surface area contributed by atoms with Crippen molar-refractivity contribution in [1.82, 2.24) is 9.80 Å². The van der Waals surface area contributed by atoms with Gasteiger partial charge in [0.1, 0.15) is 0 Å². The minimum absolute atomic E-state index is 0.0396. The van der Waals surface area contributed by atoms with Crippen LogP contribution in [0, 0.1) is 10.1 Å². The molecule has 0 saturated carbocycles. The van der Waals surface area contributed by atoms with E-state index in [1.165, 1.54) is 12.1 Å². The third kappa shape index (κ3) is 3.40. The van der Waals surface area contributed by atoms with Crippen LogP contribution >= 0.6 is 0 Å². The third-order valence-electron chi connectivity index (χ3n) is 3.69. The van der Waals surface area contributed by atoms with Gasteiger partial charge in [-0.25, -0.2) is 0 Å². The van der Waals surface area contributed by atoms with Gasteiger partial charge in [0, 0.05) is 43.4 Å². The first-order valence-corrected chi connectivity index (χ1v) is 6.67. The average Bonchev–Trinajstić information content (AvgIpc) is 2.42. The lowest BCUT2D eigenvalue weighted by Gasteiger charge is -2.37. The molecule has 1 aromatic carbocycles. The third-order valence-corrected chi connectivity index (χ3v) is 3.69. The van der Waals surface area contributed by atoms with Crippen molar-refractivity contribution in [1.29, 1.82) is 0 Å². The summed E-state index contributed by atoms with van der Waals surface area (Å²) in [5.74, 6) is -0.0647. The molecule has 0 aromatic heterocycles. The van der Waals surface area contributed by atoms with Crippen molar-refractivity contribution in [2.75, 3.05) is 33.2 Å². The van der Waals surface area contributed by atoms with Gasteiger partial charge in [-0.3, -0.25) is 19.8 Å². The van der Waals surface area contributed by atoms with Crippen molar-refractivity contribution < 1.29 is 9.72 Å². The van der Waals surface area contributed by atoms with E-state index in [4.69, 9.17) is 0 Å². The van der Waals surface area contributed by atoms with Gasteiger partial charge < -0.3 is 4.90 Å². The first kappa shape index (κ1) is 14.6. The highest BCUT2D eigenvalue weighted by atomic mass is 16.6. The molecule has 0 spiro atoms. The number of carbonyl (C=O) groups is 1. The number of Topliss-reactive ketones (excluding diaryl/α,β-unsaturated/α-hetero) is 1. The van der Waals surface area contributed by atoms with Gasteiger partial charge in [-0.15, -0.1) is 0 Å². The van der Waals surface area contributed by atoms with Gasteiger partial charge in [-0.1, -0.05) is 12.1 Å². The highest BCUT2D eigenvalue weighted by Gasteiger charge is 2.24. The molecular weight excluding hydrogens is 258 g/mol. The smallest absolute Gasteiger partial charge is 0.270 e. The molecule has 0 bridgehead atoms. The molecule has 6 nitrogen and oxygen atoms in total. The predicted molar refractivity (Wildman–Crippen MR) is 76.0 cm³/mol. The Balaban J connectivity index is 2.05. The fourth-order valence-electron chi connectivity index (χ4n) is 2.48. The topological polar surface area (TPSA) is 66.7 Å². The number of hydrogen-bond donors (Lipinski definition) is 0. The van der Waals surface area contributed by atoms with Gasteiger partial charge in [0.15, 0.2) is 5.78 Å². The average molecular weight is 277 g/mol. The van der Waals surface area contributed by atoms with E-state index in [2.05, 4.69) is 23.8 Å². The summed E-state index contributed by atoms with van der Waals surface area (Å²) in [5.41, 5.74) is 0.368. The van der Waals surface area contributed by atoms with Gasteiger partial charge >= 0.3 is 0 Å². The molecule has 1 unspecified atom stereocenters. The van der Waals surface area contributed by atoms with Crippen molar-refractivity contribution in [3.05, 3.63) is 39.9 Å². The summed E-state index contributed by atoms with van der Waals surface area (Å²) >= 11 is 0. The molecule has 0 radical (unpaired) electrons. The highest BCUT2D eigenvalue weighted by molar-refractivity contribution is 5.98. The van der Waals surface area contributed by atoms with E-state index in [9.17, 15) is 14.9 Å². The largest absolute Gasteiger partial charge is 0.304 e. The van der Waals surface area contributed by atoms with Gasteiger partial charge in [0.2, 0.25) is 0 Å². The maximum atomic E-state index is 12.2. The maximum absolute atomic E-state index is 12.2. The Morgan fingerprint density at radius 2 is 2.20 bits per heavy atom. The lowest BCUT2D eigenvalue weighted by molar-refractivity contribution is -0.384. The molecule has 1 heterocycles. The van der Waals surface area contributed by atoms with Crippen LogP contribution in [0.3, 0.4) is 0 Å². The SMILES string of the molecule is CC1CN(C)CCN1CC(=O)c1cccc([N+](=O)[O-])c1. The van der Waals surface area contributed by atoms with Gasteiger partial charge in [-0.2, -0.15) is 0 Å². The number of non-ortho nitro benzene ring substituents is 1. The molecular formula is C14H19N3O3. The number of nitrogens with zero attached hydrogens (tertiary/aromatic N) is 3. The van der Waals surface area contributed by atoms with Gasteiger partial charge in [0.25, 0.3) is 5.69 Å². The second kappa shape index (κ2) is 6.11. The molecule has 2 rings (SSSR count). The summed E-state index contributed by atoms with van der Waals surface area (Å²) in [6.07, 6.45) is 0. The molecule has 1 aromatic rings. The Morgan fingerprint density at radius 3 is 2.85 bits per heavy atom. The summed E-state index contributed by atoms with van der Waals surface area (Å²) in [4.78, 5) is 26.9. The second-order valence-electron chi connectivity index (χ2n) is 5.31. The van der Waals surface area contributed by atoms with E-state index < -0.39 is 4.92 Å². The molecule has 1 atom stereocenters. The predicted octanol–water partition coefficient (Wildman–Crippen LogP) is 1.41. The van der Waals surface area contributed by atoms with Crippen LogP contribution in [-0.4, -0.2) is 59.8 Å². The van der Waals surface area contributed by atoms with E-state index in [1.807, 2.05) is 0 Å². The van der Waals surface area contributed by atoms with Crippen LogP contribution in [0.2, 0.25) is 0 Å². The Labute approximate surface area is 118 Å². The quantitative estimate of drug-likeness (QED) is 0.473. The summed E-state index contributed by atoms with van der Waals surface area (Å²) < 4.78 is 0. The molecule has 20 heavy (non-hydrogen) atoms. The summed E-state index contributed by atoms with van der Waals surface area (Å²) in [6.45, 7) is 5.12. The first-order chi connectivity index (χ1) is 9.47. The summed E-state index contributed by atoms with van der Waals surface area (Å²) in [7, 11) is 2.07. The van der Waals surface area contributed by atoms with Crippen LogP contribution in [-0.2, 0) is 0 Å². The monoisotopic (exact) mass is 277 g/mol. The number of hydrogen-bond acceptors (Lipinski definition) is 5. The van der Waals surface area contributed by atoms with Gasteiger partial charge in [-0.05, 0) is 14.0 Å². The van der Waals surface area contributed by atoms with Crippen LogP contribution < -0.4 is 0 Å². The number of rotatable bonds is 4. The zero-order chi connectivity index (χ0) is 14.7. The zero-order valence-corrected chi connectivity index (χ0v) is 11.8. The van der Waals surface area contributed by atoms with E-state index in [0.29, 0.717) is 18.2 Å². The lowest BCUT2D eigenvalue weighted by atomic mass is 10.1. The van der Waals surface area contributed by atoms with Crippen molar-refractivity contribution in [2.45, 2.75) is 13.0 Å². The molecule has 108 valence electrons. The van der Waals surface area contributed by atoms with Crippen molar-refractivity contribution >= 4 is 11.5 Å². The van der Waals surface area contributed by atoms with Crippen LogP contribution in [0.1, 0.15) is 17.3 Å². The molecule has 1 fully saturated rings. The van der Waals surface area contributed by atoms with Crippen molar-refractivity contribution in [2.24, 2.45) is 0 Å². The van der Waals surface area contributed by atoms with Crippen LogP contribution in [0.5, 0.6) is 0 Å². The lowest BCUT2D eigenvalue weighted by Crippen LogP contribution is -2.51. The molecule has 1 aliphatic heterocycles. The molecule has 1 aliphatic rings. The van der Waals surface area contributed by atoms with E-state index in [1.54, 1.807) is 12.1 Å². The molecule has 1 saturated heterocycles. The fraction of sp³-hybridized carbons (Fsp3) is 0.500. The Bertz CT molecular complexity index is 518. The summed E-state index contributed by atoms with van der Waals surface area (Å²) in [5, 5.41) is 10.7. The Kier molecular flexibility index (Phi) is 4.46. The van der Waals surface area contributed by atoms with Crippen LogP contribution in [0.15, 0.2) is 24.3 Å². The number of carbonyl (C=O) groups excluding carboxylic acids is 1. The number of likely N-dealkylation sites (N-methyl/N-ethyl adjacent to an activating group) is 1. The number of benzene rings is 1. The van der Waals surface area contributed by atoms with Crippen LogP contribution in [0.4, 0.5) is 5.69 Å². The number of piperazine rings is 1. The first-order valence-electron chi connectivity index (χ1n) is 6.67. The van der Waals surface area contributed by atoms with Crippen molar-refractivity contribution in [3.63, 3.8) is 0 Å². The summed E-state index contributed by atoms with van der Waals surface area (Å²) in [6, 6.07) is 6.25. The number of ketones is 1. The molecule has 6 heteroatoms. The fourth-order valence-corrected chi connectivity index (χ4v) is 2.48.